The Hall–Kier alpha value is -2.88. The summed E-state index contributed by atoms with van der Waals surface area (Å²) in [5, 5.41) is 3.52. The number of nitrogens with one attached hydrogen (secondary N) is 1. The van der Waals surface area contributed by atoms with E-state index < -0.39 is 15.9 Å². The number of anilines is 1. The average Bonchev–Trinajstić information content (AvgIpc) is 3.20. The summed E-state index contributed by atoms with van der Waals surface area (Å²) >= 11 is 0. The van der Waals surface area contributed by atoms with Gasteiger partial charge in [0.1, 0.15) is 11.3 Å². The van der Waals surface area contributed by atoms with E-state index in [-0.39, 0.29) is 29.4 Å². The molecular weight excluding hydrogens is 408 g/mol. The summed E-state index contributed by atoms with van der Waals surface area (Å²) in [5.74, 6) is 0.0102. The molecule has 3 aromatic rings. The second kappa shape index (κ2) is 8.47. The normalized spacial score (nSPS) is 15.2. The number of rotatable bonds is 6. The van der Waals surface area contributed by atoms with Gasteiger partial charge in [-0.15, -0.1) is 0 Å². The predicted octanol–water partition coefficient (Wildman–Crippen LogP) is 3.10. The number of amides is 1. The molecule has 0 unspecified atom stereocenters. The lowest BCUT2D eigenvalue weighted by Gasteiger charge is -2.26. The monoisotopic (exact) mass is 430 g/mol. The lowest BCUT2D eigenvalue weighted by Crippen LogP contribution is -2.40. The van der Waals surface area contributed by atoms with Crippen molar-refractivity contribution in [3.05, 3.63) is 54.3 Å². The summed E-state index contributed by atoms with van der Waals surface area (Å²) < 4.78 is 43.7. The van der Waals surface area contributed by atoms with Gasteiger partial charge in [0, 0.05) is 18.5 Å². The van der Waals surface area contributed by atoms with Gasteiger partial charge < -0.3 is 19.2 Å². The number of benzene rings is 2. The molecule has 0 spiro atoms. The molecule has 1 amide bonds. The number of ether oxygens (including phenoxy) is 2. The second-order valence-electron chi connectivity index (χ2n) is 6.71. The number of carbonyl (C=O) groups excluding carboxylic acids is 1. The van der Waals surface area contributed by atoms with Crippen molar-refractivity contribution in [2.45, 2.75) is 11.8 Å². The summed E-state index contributed by atoms with van der Waals surface area (Å²) in [6.07, 6.45) is 0. The van der Waals surface area contributed by atoms with E-state index in [1.165, 1.54) is 16.4 Å². The smallest absolute Gasteiger partial charge is 0.291 e. The minimum atomic E-state index is -3.71. The Morgan fingerprint density at radius 3 is 2.63 bits per heavy atom. The number of hydrogen-bond donors (Lipinski definition) is 1. The average molecular weight is 430 g/mol. The number of morpholine rings is 1. The highest BCUT2D eigenvalue weighted by Gasteiger charge is 2.27. The van der Waals surface area contributed by atoms with Gasteiger partial charge in [-0.3, -0.25) is 4.79 Å². The van der Waals surface area contributed by atoms with E-state index in [9.17, 15) is 13.2 Å². The van der Waals surface area contributed by atoms with Crippen LogP contribution in [0.15, 0.2) is 57.8 Å². The molecule has 30 heavy (non-hydrogen) atoms. The molecule has 0 saturated carbocycles. The number of hydrogen-bond acceptors (Lipinski definition) is 6. The van der Waals surface area contributed by atoms with Crippen molar-refractivity contribution in [3.63, 3.8) is 0 Å². The fourth-order valence-corrected chi connectivity index (χ4v) is 4.70. The van der Waals surface area contributed by atoms with E-state index in [4.69, 9.17) is 13.9 Å². The molecule has 4 rings (SSSR count). The van der Waals surface area contributed by atoms with Crippen molar-refractivity contribution in [1.82, 2.24) is 4.31 Å². The summed E-state index contributed by atoms with van der Waals surface area (Å²) in [6, 6.07) is 13.4. The summed E-state index contributed by atoms with van der Waals surface area (Å²) in [7, 11) is -3.71. The molecule has 8 nitrogen and oxygen atoms in total. The molecule has 0 aliphatic carbocycles. The number of nitrogens with zero attached hydrogens (tertiary/aromatic N) is 1. The van der Waals surface area contributed by atoms with Crippen LogP contribution in [0.3, 0.4) is 0 Å². The minimum Gasteiger partial charge on any atom is -0.492 e. The number of sulfonamides is 1. The van der Waals surface area contributed by atoms with Crippen LogP contribution in [0.5, 0.6) is 5.75 Å². The van der Waals surface area contributed by atoms with E-state index in [2.05, 4.69) is 5.32 Å². The van der Waals surface area contributed by atoms with Crippen LogP contribution in [-0.2, 0) is 14.8 Å². The third kappa shape index (κ3) is 4.04. The lowest BCUT2D eigenvalue weighted by atomic mass is 10.2. The van der Waals surface area contributed by atoms with Crippen LogP contribution in [0.2, 0.25) is 0 Å². The topological polar surface area (TPSA) is 98.1 Å². The minimum absolute atomic E-state index is 0.0766. The molecule has 0 radical (unpaired) electrons. The van der Waals surface area contributed by atoms with Gasteiger partial charge in [0.2, 0.25) is 10.0 Å². The highest BCUT2D eigenvalue weighted by atomic mass is 32.2. The van der Waals surface area contributed by atoms with E-state index in [1.807, 2.05) is 25.1 Å². The first-order valence-corrected chi connectivity index (χ1v) is 11.1. The SMILES string of the molecule is CCOc1ccc(S(=O)(=O)N2CCOCC2)cc1NC(=O)c1cc2ccccc2o1. The molecule has 158 valence electrons. The van der Waals surface area contributed by atoms with Gasteiger partial charge in [0.15, 0.2) is 5.76 Å². The molecule has 9 heteroatoms. The van der Waals surface area contributed by atoms with Gasteiger partial charge in [0.05, 0.1) is 30.4 Å². The maximum atomic E-state index is 13.0. The Morgan fingerprint density at radius 2 is 1.90 bits per heavy atom. The standard InChI is InChI=1S/C21H22N2O6S/c1-2-28-19-8-7-16(30(25,26)23-9-11-27-12-10-23)14-17(19)22-21(24)20-13-15-5-3-4-6-18(15)29-20/h3-8,13-14H,2,9-12H2,1H3,(H,22,24). The molecule has 1 saturated heterocycles. The van der Waals surface area contributed by atoms with Gasteiger partial charge in [-0.1, -0.05) is 18.2 Å². The first-order chi connectivity index (χ1) is 14.5. The molecule has 0 bridgehead atoms. The molecule has 1 N–H and O–H groups in total. The Kier molecular flexibility index (Phi) is 5.76. The molecule has 1 aliphatic heterocycles. The van der Waals surface area contributed by atoms with Crippen LogP contribution in [0, 0.1) is 0 Å². The van der Waals surface area contributed by atoms with Gasteiger partial charge in [-0.05, 0) is 37.3 Å². The van der Waals surface area contributed by atoms with Gasteiger partial charge in [-0.25, -0.2) is 8.42 Å². The Bertz CT molecular complexity index is 1130. The van der Waals surface area contributed by atoms with Crippen molar-refractivity contribution in [2.24, 2.45) is 0 Å². The predicted molar refractivity (Wildman–Crippen MR) is 111 cm³/mol. The van der Waals surface area contributed by atoms with Crippen molar-refractivity contribution in [2.75, 3.05) is 38.2 Å². The van der Waals surface area contributed by atoms with Crippen LogP contribution in [0.1, 0.15) is 17.5 Å². The van der Waals surface area contributed by atoms with Crippen LogP contribution in [-0.4, -0.2) is 51.5 Å². The van der Waals surface area contributed by atoms with Gasteiger partial charge in [0.25, 0.3) is 5.91 Å². The highest BCUT2D eigenvalue weighted by molar-refractivity contribution is 7.89. The van der Waals surface area contributed by atoms with Crippen molar-refractivity contribution < 1.29 is 27.1 Å². The lowest BCUT2D eigenvalue weighted by molar-refractivity contribution is 0.0730. The van der Waals surface area contributed by atoms with Crippen molar-refractivity contribution in [3.8, 4) is 5.75 Å². The van der Waals surface area contributed by atoms with Gasteiger partial charge >= 0.3 is 0 Å². The molecule has 2 heterocycles. The third-order valence-corrected chi connectivity index (χ3v) is 6.65. The zero-order valence-electron chi connectivity index (χ0n) is 16.5. The number of para-hydroxylation sites is 1. The Labute approximate surface area is 174 Å². The molecule has 2 aromatic carbocycles. The van der Waals surface area contributed by atoms with Crippen LogP contribution in [0.25, 0.3) is 11.0 Å². The Morgan fingerprint density at radius 1 is 1.13 bits per heavy atom. The highest BCUT2D eigenvalue weighted by Crippen LogP contribution is 2.30. The maximum absolute atomic E-state index is 13.0. The van der Waals surface area contributed by atoms with Gasteiger partial charge in [-0.2, -0.15) is 4.31 Å². The fourth-order valence-electron chi connectivity index (χ4n) is 3.26. The summed E-state index contributed by atoms with van der Waals surface area (Å²) in [6.45, 7) is 3.45. The number of fused-ring (bicyclic) bond motifs is 1. The molecule has 1 fully saturated rings. The maximum Gasteiger partial charge on any atom is 0.291 e. The third-order valence-electron chi connectivity index (χ3n) is 4.76. The largest absolute Gasteiger partial charge is 0.492 e. The number of furan rings is 1. The van der Waals surface area contributed by atoms with Crippen LogP contribution < -0.4 is 10.1 Å². The quantitative estimate of drug-likeness (QED) is 0.645. The van der Waals surface area contributed by atoms with Crippen molar-refractivity contribution in [1.29, 1.82) is 0 Å². The Balaban J connectivity index is 1.65. The van der Waals surface area contributed by atoms with E-state index in [0.29, 0.717) is 31.2 Å². The second-order valence-corrected chi connectivity index (χ2v) is 8.65. The van der Waals surface area contributed by atoms with Crippen molar-refractivity contribution >= 4 is 32.6 Å². The van der Waals surface area contributed by atoms with E-state index in [0.717, 1.165) is 5.39 Å². The fraction of sp³-hybridized carbons (Fsp3) is 0.286. The molecular formula is C21H22N2O6S. The molecule has 1 aromatic heterocycles. The van der Waals surface area contributed by atoms with Crippen LogP contribution in [0.4, 0.5) is 5.69 Å². The van der Waals surface area contributed by atoms with Crippen LogP contribution >= 0.6 is 0 Å². The zero-order chi connectivity index (χ0) is 21.1. The first kappa shape index (κ1) is 20.4. The molecule has 0 atom stereocenters. The summed E-state index contributed by atoms with van der Waals surface area (Å²) in [5.41, 5.74) is 0.855. The van der Waals surface area contributed by atoms with E-state index >= 15 is 0 Å². The first-order valence-electron chi connectivity index (χ1n) is 9.63. The number of carbonyl (C=O) groups is 1. The molecule has 1 aliphatic rings. The van der Waals surface area contributed by atoms with E-state index in [1.54, 1.807) is 18.2 Å². The zero-order valence-corrected chi connectivity index (χ0v) is 17.3. The summed E-state index contributed by atoms with van der Waals surface area (Å²) in [4.78, 5) is 12.8.